The fraction of sp³-hybridized carbons (Fsp3) is 0.429. The molecular formula is C14H18FNO3. The van der Waals surface area contributed by atoms with Gasteiger partial charge in [0.2, 0.25) is 6.41 Å². The van der Waals surface area contributed by atoms with Crippen LogP contribution in [0.15, 0.2) is 24.3 Å². The number of carboxylic acids is 1. The molecule has 0 aromatic heterocycles. The number of hydrogen-bond donors (Lipinski definition) is 1. The van der Waals surface area contributed by atoms with Crippen LogP contribution in [0, 0.1) is 5.82 Å². The molecule has 104 valence electrons. The minimum atomic E-state index is -1.65. The maximum Gasteiger partial charge on any atom is 0.334 e. The first-order valence-corrected chi connectivity index (χ1v) is 6.25. The molecule has 1 rings (SSSR count). The molecule has 0 saturated heterocycles. The van der Waals surface area contributed by atoms with Crippen LogP contribution in [0.3, 0.4) is 0 Å². The third kappa shape index (κ3) is 2.59. The average molecular weight is 267 g/mol. The van der Waals surface area contributed by atoms with Crippen LogP contribution < -0.4 is 0 Å². The fourth-order valence-corrected chi connectivity index (χ4v) is 2.31. The van der Waals surface area contributed by atoms with Gasteiger partial charge in [0.1, 0.15) is 5.82 Å². The van der Waals surface area contributed by atoms with Gasteiger partial charge in [-0.05, 0) is 18.9 Å². The van der Waals surface area contributed by atoms with Crippen LogP contribution >= 0.6 is 0 Å². The maximum absolute atomic E-state index is 14.0. The molecule has 0 aliphatic rings. The van der Waals surface area contributed by atoms with Crippen molar-refractivity contribution in [3.05, 3.63) is 35.6 Å². The molecule has 0 bridgehead atoms. The van der Waals surface area contributed by atoms with E-state index in [9.17, 15) is 19.1 Å². The number of amides is 1. The second-order valence-electron chi connectivity index (χ2n) is 4.30. The standard InChI is InChI=1S/C14H18FNO3/c1-3-9-16(10-17)14(4-2,13(18)19)11-7-5-6-8-12(11)15/h5-8,10H,3-4,9H2,1-2H3,(H,18,19). The van der Waals surface area contributed by atoms with E-state index in [1.165, 1.54) is 18.2 Å². The molecule has 1 aromatic rings. The van der Waals surface area contributed by atoms with Crippen molar-refractivity contribution in [3.63, 3.8) is 0 Å². The Morgan fingerprint density at radius 1 is 1.42 bits per heavy atom. The van der Waals surface area contributed by atoms with Gasteiger partial charge < -0.3 is 10.0 Å². The number of halogens is 1. The molecule has 0 fully saturated rings. The van der Waals surface area contributed by atoms with Crippen LogP contribution in [0.2, 0.25) is 0 Å². The number of nitrogens with zero attached hydrogens (tertiary/aromatic N) is 1. The summed E-state index contributed by atoms with van der Waals surface area (Å²) in [6.07, 6.45) is 1.18. The highest BCUT2D eigenvalue weighted by atomic mass is 19.1. The zero-order valence-electron chi connectivity index (χ0n) is 11.1. The third-order valence-electron chi connectivity index (χ3n) is 3.27. The van der Waals surface area contributed by atoms with Crippen molar-refractivity contribution in [2.24, 2.45) is 0 Å². The van der Waals surface area contributed by atoms with Crippen molar-refractivity contribution in [1.82, 2.24) is 4.90 Å². The Labute approximate surface area is 111 Å². The van der Waals surface area contributed by atoms with E-state index >= 15 is 0 Å². The fourth-order valence-electron chi connectivity index (χ4n) is 2.31. The summed E-state index contributed by atoms with van der Waals surface area (Å²) in [6, 6.07) is 5.68. The summed E-state index contributed by atoms with van der Waals surface area (Å²) in [5.74, 6) is -1.84. The molecule has 1 aromatic carbocycles. The van der Waals surface area contributed by atoms with Crippen molar-refractivity contribution in [2.75, 3.05) is 6.54 Å². The van der Waals surface area contributed by atoms with Crippen molar-refractivity contribution in [2.45, 2.75) is 32.2 Å². The lowest BCUT2D eigenvalue weighted by Crippen LogP contribution is -2.52. The van der Waals surface area contributed by atoms with Gasteiger partial charge in [0.15, 0.2) is 5.54 Å². The average Bonchev–Trinajstić information content (AvgIpc) is 2.40. The molecule has 19 heavy (non-hydrogen) atoms. The zero-order valence-corrected chi connectivity index (χ0v) is 11.1. The molecule has 1 unspecified atom stereocenters. The lowest BCUT2D eigenvalue weighted by atomic mass is 9.85. The summed E-state index contributed by atoms with van der Waals surface area (Å²) >= 11 is 0. The van der Waals surface area contributed by atoms with E-state index in [-0.39, 0.29) is 18.5 Å². The van der Waals surface area contributed by atoms with E-state index in [2.05, 4.69) is 0 Å². The molecular weight excluding hydrogens is 249 g/mol. The highest BCUT2D eigenvalue weighted by Crippen LogP contribution is 2.33. The summed E-state index contributed by atoms with van der Waals surface area (Å²) in [6.45, 7) is 3.73. The summed E-state index contributed by atoms with van der Waals surface area (Å²) in [5.41, 5.74) is -1.63. The zero-order chi connectivity index (χ0) is 14.5. The predicted octanol–water partition coefficient (Wildman–Crippen LogP) is 2.38. The van der Waals surface area contributed by atoms with Crippen molar-refractivity contribution in [3.8, 4) is 0 Å². The van der Waals surface area contributed by atoms with Gasteiger partial charge in [0.05, 0.1) is 0 Å². The maximum atomic E-state index is 14.0. The van der Waals surface area contributed by atoms with Crippen LogP contribution in [-0.2, 0) is 15.1 Å². The number of aliphatic carboxylic acids is 1. The predicted molar refractivity (Wildman–Crippen MR) is 69.1 cm³/mol. The smallest absolute Gasteiger partial charge is 0.334 e. The number of carboxylic acid groups (broad SMARTS) is 1. The topological polar surface area (TPSA) is 57.6 Å². The van der Waals surface area contributed by atoms with E-state index in [1.807, 2.05) is 6.92 Å². The van der Waals surface area contributed by atoms with Gasteiger partial charge in [0, 0.05) is 12.1 Å². The van der Waals surface area contributed by atoms with Crippen LogP contribution in [0.1, 0.15) is 32.3 Å². The molecule has 0 aliphatic heterocycles. The minimum absolute atomic E-state index is 0.0190. The molecule has 4 nitrogen and oxygen atoms in total. The molecule has 5 heteroatoms. The lowest BCUT2D eigenvalue weighted by Gasteiger charge is -2.38. The largest absolute Gasteiger partial charge is 0.479 e. The molecule has 1 N–H and O–H groups in total. The molecule has 0 heterocycles. The third-order valence-corrected chi connectivity index (χ3v) is 3.27. The summed E-state index contributed by atoms with van der Waals surface area (Å²) in [4.78, 5) is 24.1. The molecule has 0 radical (unpaired) electrons. The molecule has 1 amide bonds. The molecule has 0 spiro atoms. The van der Waals surface area contributed by atoms with E-state index in [0.29, 0.717) is 12.8 Å². The monoisotopic (exact) mass is 267 g/mol. The first kappa shape index (κ1) is 15.1. The van der Waals surface area contributed by atoms with Gasteiger partial charge in [-0.1, -0.05) is 32.0 Å². The minimum Gasteiger partial charge on any atom is -0.479 e. The van der Waals surface area contributed by atoms with Crippen LogP contribution in [0.5, 0.6) is 0 Å². The van der Waals surface area contributed by atoms with Crippen LogP contribution in [-0.4, -0.2) is 28.9 Å². The number of rotatable bonds is 7. The Morgan fingerprint density at radius 3 is 2.47 bits per heavy atom. The lowest BCUT2D eigenvalue weighted by molar-refractivity contribution is -0.156. The number of benzene rings is 1. The second-order valence-corrected chi connectivity index (χ2v) is 4.30. The quantitative estimate of drug-likeness (QED) is 0.772. The van der Waals surface area contributed by atoms with Crippen molar-refractivity contribution in [1.29, 1.82) is 0 Å². The van der Waals surface area contributed by atoms with E-state index < -0.39 is 17.3 Å². The Hall–Kier alpha value is -1.91. The Bertz CT molecular complexity index is 464. The summed E-state index contributed by atoms with van der Waals surface area (Å²) in [5, 5.41) is 9.56. The SMILES string of the molecule is CCCN(C=O)C(CC)(C(=O)O)c1ccccc1F. The number of carbonyl (C=O) groups excluding carboxylic acids is 1. The Morgan fingerprint density at radius 2 is 2.05 bits per heavy atom. The van der Waals surface area contributed by atoms with Gasteiger partial charge in [0.25, 0.3) is 0 Å². The Balaban J connectivity index is 3.46. The van der Waals surface area contributed by atoms with Crippen molar-refractivity contribution >= 4 is 12.4 Å². The van der Waals surface area contributed by atoms with E-state index in [0.717, 1.165) is 4.90 Å². The normalized spacial score (nSPS) is 13.6. The molecule has 1 atom stereocenters. The second kappa shape index (κ2) is 6.31. The Kier molecular flexibility index (Phi) is 5.03. The van der Waals surface area contributed by atoms with Gasteiger partial charge in [-0.3, -0.25) is 4.79 Å². The highest BCUT2D eigenvalue weighted by molar-refractivity contribution is 5.83. The first-order chi connectivity index (χ1) is 9.04. The number of carbonyl (C=O) groups is 2. The molecule has 0 aliphatic carbocycles. The van der Waals surface area contributed by atoms with Gasteiger partial charge >= 0.3 is 5.97 Å². The molecule has 0 saturated carbocycles. The summed E-state index contributed by atoms with van der Waals surface area (Å²) < 4.78 is 14.0. The first-order valence-electron chi connectivity index (χ1n) is 6.25. The van der Waals surface area contributed by atoms with Crippen LogP contribution in [0.4, 0.5) is 4.39 Å². The number of hydrogen-bond acceptors (Lipinski definition) is 2. The van der Waals surface area contributed by atoms with Gasteiger partial charge in [-0.2, -0.15) is 0 Å². The van der Waals surface area contributed by atoms with Crippen LogP contribution in [0.25, 0.3) is 0 Å². The van der Waals surface area contributed by atoms with Gasteiger partial charge in [-0.25, -0.2) is 9.18 Å². The highest BCUT2D eigenvalue weighted by Gasteiger charge is 2.45. The van der Waals surface area contributed by atoms with Crippen molar-refractivity contribution < 1.29 is 19.1 Å². The summed E-state index contributed by atoms with van der Waals surface area (Å²) in [7, 11) is 0. The van der Waals surface area contributed by atoms with Gasteiger partial charge in [-0.15, -0.1) is 0 Å². The van der Waals surface area contributed by atoms with E-state index in [1.54, 1.807) is 13.0 Å². The van der Waals surface area contributed by atoms with E-state index in [4.69, 9.17) is 0 Å².